The van der Waals surface area contributed by atoms with Gasteiger partial charge in [0.25, 0.3) is 0 Å². The molecule has 0 aromatic heterocycles. The fourth-order valence-electron chi connectivity index (χ4n) is 3.72. The minimum absolute atomic E-state index is 0.491. The maximum atomic E-state index is 5.55. The number of nitrogens with one attached hydrogen (secondary N) is 1. The van der Waals surface area contributed by atoms with Crippen LogP contribution < -0.4 is 10.1 Å². The van der Waals surface area contributed by atoms with Crippen LogP contribution in [0.1, 0.15) is 38.8 Å². The molecule has 1 saturated carbocycles. The maximum absolute atomic E-state index is 5.55. The largest absolute Gasteiger partial charge is 0.493 e. The molecule has 1 aliphatic heterocycles. The summed E-state index contributed by atoms with van der Waals surface area (Å²) in [5.41, 5.74) is 3.79. The van der Waals surface area contributed by atoms with Crippen LogP contribution in [0.4, 0.5) is 0 Å². The van der Waals surface area contributed by atoms with E-state index in [0.717, 1.165) is 44.2 Å². The Kier molecular flexibility index (Phi) is 3.32. The summed E-state index contributed by atoms with van der Waals surface area (Å²) in [4.78, 5) is 0. The molecule has 1 aromatic carbocycles. The third-order valence-corrected chi connectivity index (χ3v) is 6.01. The number of hydrogen-bond donors (Lipinski definition) is 1. The first-order valence-electron chi connectivity index (χ1n) is 7.88. The number of hydrogen-bond acceptors (Lipinski definition) is 2. The Bertz CT molecular complexity index is 490. The van der Waals surface area contributed by atoms with Crippen LogP contribution in [0, 0.1) is 16.7 Å². The smallest absolute Gasteiger partial charge is 0.122 e. The van der Waals surface area contributed by atoms with Crippen molar-refractivity contribution in [3.05, 3.63) is 29.3 Å². The molecule has 1 aromatic rings. The highest BCUT2D eigenvalue weighted by molar-refractivity contribution is 5.39. The van der Waals surface area contributed by atoms with Gasteiger partial charge in [-0.25, -0.2) is 0 Å². The summed E-state index contributed by atoms with van der Waals surface area (Å²) in [5.74, 6) is 1.90. The number of benzene rings is 1. The normalized spacial score (nSPS) is 22.4. The van der Waals surface area contributed by atoms with E-state index in [1.807, 2.05) is 0 Å². The standard InChI is InChI=1S/C18H27NO/c1-17(2)16(18(17,3)4)12-19-9-7-13-5-6-15-14(11-13)8-10-20-15/h5-6,11,16,19H,7-10,12H2,1-4H3. The van der Waals surface area contributed by atoms with E-state index in [4.69, 9.17) is 4.74 Å². The van der Waals surface area contributed by atoms with Crippen molar-refractivity contribution in [1.82, 2.24) is 5.32 Å². The molecule has 0 amide bonds. The van der Waals surface area contributed by atoms with Gasteiger partial charge in [0.15, 0.2) is 0 Å². The Morgan fingerprint density at radius 3 is 2.65 bits per heavy atom. The fourth-order valence-corrected chi connectivity index (χ4v) is 3.72. The summed E-state index contributed by atoms with van der Waals surface area (Å²) >= 11 is 0. The Morgan fingerprint density at radius 1 is 1.20 bits per heavy atom. The second kappa shape index (κ2) is 4.77. The fraction of sp³-hybridized carbons (Fsp3) is 0.667. The van der Waals surface area contributed by atoms with Crippen molar-refractivity contribution in [3.8, 4) is 5.75 Å². The molecule has 20 heavy (non-hydrogen) atoms. The van der Waals surface area contributed by atoms with Crippen molar-refractivity contribution in [1.29, 1.82) is 0 Å². The minimum Gasteiger partial charge on any atom is -0.493 e. The predicted molar refractivity (Wildman–Crippen MR) is 83.3 cm³/mol. The van der Waals surface area contributed by atoms with E-state index in [2.05, 4.69) is 51.2 Å². The van der Waals surface area contributed by atoms with E-state index in [9.17, 15) is 0 Å². The molecule has 0 radical (unpaired) electrons. The number of rotatable bonds is 5. The SMILES string of the molecule is CC1(C)C(CNCCc2ccc3c(c2)CCO3)C1(C)C. The van der Waals surface area contributed by atoms with Gasteiger partial charge in [-0.1, -0.05) is 39.8 Å². The molecule has 1 fully saturated rings. The van der Waals surface area contributed by atoms with Crippen LogP contribution in [0.5, 0.6) is 5.75 Å². The molecule has 0 atom stereocenters. The van der Waals surface area contributed by atoms with E-state index in [-0.39, 0.29) is 0 Å². The lowest BCUT2D eigenvalue weighted by Gasteiger charge is -2.07. The van der Waals surface area contributed by atoms with Crippen molar-refractivity contribution >= 4 is 0 Å². The summed E-state index contributed by atoms with van der Waals surface area (Å²) in [7, 11) is 0. The Balaban J connectivity index is 1.45. The summed E-state index contributed by atoms with van der Waals surface area (Å²) in [6.07, 6.45) is 2.18. The zero-order valence-electron chi connectivity index (χ0n) is 13.3. The van der Waals surface area contributed by atoms with Gasteiger partial charge < -0.3 is 10.1 Å². The molecule has 2 nitrogen and oxygen atoms in total. The lowest BCUT2D eigenvalue weighted by molar-refractivity contribution is 0.357. The topological polar surface area (TPSA) is 21.3 Å². The second-order valence-corrected chi connectivity index (χ2v) is 7.49. The second-order valence-electron chi connectivity index (χ2n) is 7.49. The van der Waals surface area contributed by atoms with E-state index < -0.39 is 0 Å². The maximum Gasteiger partial charge on any atom is 0.122 e. The average Bonchev–Trinajstić information content (AvgIpc) is 2.74. The highest BCUT2D eigenvalue weighted by Gasteiger charge is 2.63. The third kappa shape index (κ3) is 2.24. The average molecular weight is 273 g/mol. The van der Waals surface area contributed by atoms with Crippen molar-refractivity contribution in [3.63, 3.8) is 0 Å². The van der Waals surface area contributed by atoms with Crippen molar-refractivity contribution in [2.45, 2.75) is 40.5 Å². The highest BCUT2D eigenvalue weighted by Crippen LogP contribution is 2.67. The molecule has 1 heterocycles. The quantitative estimate of drug-likeness (QED) is 0.830. The summed E-state index contributed by atoms with van der Waals surface area (Å²) < 4.78 is 5.55. The number of ether oxygens (including phenoxy) is 1. The van der Waals surface area contributed by atoms with Crippen LogP contribution in [0.25, 0.3) is 0 Å². The van der Waals surface area contributed by atoms with Gasteiger partial charge in [-0.15, -0.1) is 0 Å². The molecule has 110 valence electrons. The summed E-state index contributed by atoms with van der Waals surface area (Å²) in [6.45, 7) is 12.6. The van der Waals surface area contributed by atoms with E-state index >= 15 is 0 Å². The molecule has 3 rings (SSSR count). The van der Waals surface area contributed by atoms with Crippen molar-refractivity contribution < 1.29 is 4.74 Å². The first kappa shape index (κ1) is 13.9. The van der Waals surface area contributed by atoms with Crippen LogP contribution in [-0.2, 0) is 12.8 Å². The van der Waals surface area contributed by atoms with Gasteiger partial charge in [-0.05, 0) is 53.5 Å². The molecule has 0 bridgehead atoms. The van der Waals surface area contributed by atoms with Crippen LogP contribution >= 0.6 is 0 Å². The Morgan fingerprint density at radius 2 is 1.95 bits per heavy atom. The lowest BCUT2D eigenvalue weighted by Crippen LogP contribution is -2.22. The molecular formula is C18H27NO. The molecule has 2 heteroatoms. The van der Waals surface area contributed by atoms with Gasteiger partial charge >= 0.3 is 0 Å². The monoisotopic (exact) mass is 273 g/mol. The van der Waals surface area contributed by atoms with Crippen LogP contribution in [0.15, 0.2) is 18.2 Å². The lowest BCUT2D eigenvalue weighted by atomic mass is 10.0. The zero-order chi connectivity index (χ0) is 14.4. The van der Waals surface area contributed by atoms with E-state index in [0.29, 0.717) is 10.8 Å². The van der Waals surface area contributed by atoms with Gasteiger partial charge in [0.05, 0.1) is 6.61 Å². The molecule has 1 N–H and O–H groups in total. The highest BCUT2D eigenvalue weighted by atomic mass is 16.5. The van der Waals surface area contributed by atoms with Gasteiger partial charge in [0, 0.05) is 6.42 Å². The van der Waals surface area contributed by atoms with Gasteiger partial charge in [-0.2, -0.15) is 0 Å². The van der Waals surface area contributed by atoms with Crippen LogP contribution in [0.3, 0.4) is 0 Å². The van der Waals surface area contributed by atoms with Gasteiger partial charge in [0.1, 0.15) is 5.75 Å². The third-order valence-electron chi connectivity index (χ3n) is 6.01. The number of fused-ring (bicyclic) bond motifs is 1. The molecule has 1 aliphatic carbocycles. The first-order chi connectivity index (χ1) is 9.43. The molecule has 0 saturated heterocycles. The minimum atomic E-state index is 0.491. The summed E-state index contributed by atoms with van der Waals surface area (Å²) in [6, 6.07) is 6.65. The molecule has 0 unspecified atom stereocenters. The van der Waals surface area contributed by atoms with Gasteiger partial charge in [-0.3, -0.25) is 0 Å². The molecule has 2 aliphatic rings. The van der Waals surface area contributed by atoms with E-state index in [1.165, 1.54) is 11.1 Å². The van der Waals surface area contributed by atoms with Crippen molar-refractivity contribution in [2.75, 3.05) is 19.7 Å². The molecule has 0 spiro atoms. The molecular weight excluding hydrogens is 246 g/mol. The van der Waals surface area contributed by atoms with E-state index in [1.54, 1.807) is 0 Å². The Hall–Kier alpha value is -1.02. The van der Waals surface area contributed by atoms with Gasteiger partial charge in [0.2, 0.25) is 0 Å². The Labute approximate surface area is 122 Å². The van der Waals surface area contributed by atoms with Crippen LogP contribution in [0.2, 0.25) is 0 Å². The van der Waals surface area contributed by atoms with Crippen molar-refractivity contribution in [2.24, 2.45) is 16.7 Å². The predicted octanol–water partition coefficient (Wildman–Crippen LogP) is 3.44. The first-order valence-corrected chi connectivity index (χ1v) is 7.88. The zero-order valence-corrected chi connectivity index (χ0v) is 13.3. The van der Waals surface area contributed by atoms with Crippen LogP contribution in [-0.4, -0.2) is 19.7 Å². The summed E-state index contributed by atoms with van der Waals surface area (Å²) in [5, 5.41) is 3.64.